The van der Waals surface area contributed by atoms with Gasteiger partial charge in [0.2, 0.25) is 5.16 Å². The number of thioether (sulfide) groups is 1. The normalized spacial score (nSPS) is 14.4. The molecule has 16 heteroatoms. The van der Waals surface area contributed by atoms with Gasteiger partial charge in [0.05, 0.1) is 18.2 Å². The van der Waals surface area contributed by atoms with Crippen molar-refractivity contribution in [2.24, 2.45) is 11.0 Å². The van der Waals surface area contributed by atoms with Crippen molar-refractivity contribution in [3.8, 4) is 11.5 Å². The second-order valence-corrected chi connectivity index (χ2v) is 12.9. The van der Waals surface area contributed by atoms with Crippen molar-refractivity contribution in [3.05, 3.63) is 83.4 Å². The molecule has 0 saturated heterocycles. The molecule has 0 radical (unpaired) electrons. The van der Waals surface area contributed by atoms with Gasteiger partial charge in [0.1, 0.15) is 23.9 Å². The highest BCUT2D eigenvalue weighted by molar-refractivity contribution is 7.98. The summed E-state index contributed by atoms with van der Waals surface area (Å²) in [7, 11) is 1.48. The van der Waals surface area contributed by atoms with Crippen LogP contribution in [-0.2, 0) is 31.4 Å². The van der Waals surface area contributed by atoms with Crippen LogP contribution in [0.3, 0.4) is 0 Å². The number of carbonyl (C=O) groups excluding carboxylic acids is 4. The van der Waals surface area contributed by atoms with E-state index in [1.54, 1.807) is 62.4 Å². The first-order valence-electron chi connectivity index (χ1n) is 16.6. The van der Waals surface area contributed by atoms with E-state index in [4.69, 9.17) is 14.2 Å². The van der Waals surface area contributed by atoms with E-state index >= 15 is 0 Å². The first-order valence-corrected chi connectivity index (χ1v) is 17.6. The number of hydrazone groups is 1. The summed E-state index contributed by atoms with van der Waals surface area (Å²) in [6.07, 6.45) is -1.01. The van der Waals surface area contributed by atoms with Crippen molar-refractivity contribution >= 4 is 52.8 Å². The molecule has 272 valence electrons. The lowest BCUT2D eigenvalue weighted by Gasteiger charge is -2.19. The lowest BCUT2D eigenvalue weighted by molar-refractivity contribution is -0.144. The van der Waals surface area contributed by atoms with Crippen LogP contribution in [-0.4, -0.2) is 74.6 Å². The predicted octanol–water partition coefficient (Wildman–Crippen LogP) is 5.37. The standard InChI is InChI=1S/C36H40N8O7S/c1-7-29(51-30-17-12-22(3)18-23(30)4)33(46)37-26-10-9-11-27(19-26)44-34(47)24(5)32(39-44)42(6)36(48)50-28-15-13-25(14-16-28)21-52-35-38-40-41-43(35)20-31(45)49-8-2/h9-19,24,29H,7-8,20-21H2,1-6H3,(H,37,46). The van der Waals surface area contributed by atoms with Gasteiger partial charge in [-0.1, -0.05) is 54.6 Å². The average Bonchev–Trinajstić information content (AvgIpc) is 3.69. The monoisotopic (exact) mass is 728 g/mol. The molecule has 2 atom stereocenters. The second kappa shape index (κ2) is 17.0. The Morgan fingerprint density at radius 1 is 1.04 bits per heavy atom. The molecule has 1 N–H and O–H groups in total. The third-order valence-electron chi connectivity index (χ3n) is 7.99. The van der Waals surface area contributed by atoms with Crippen LogP contribution in [0.25, 0.3) is 0 Å². The van der Waals surface area contributed by atoms with Crippen molar-refractivity contribution in [1.82, 2.24) is 25.1 Å². The Balaban J connectivity index is 1.18. The summed E-state index contributed by atoms with van der Waals surface area (Å²) in [6.45, 7) is 9.35. The fraction of sp³-hybridized carbons (Fsp3) is 0.333. The van der Waals surface area contributed by atoms with Crippen molar-refractivity contribution in [2.45, 2.75) is 64.6 Å². The molecule has 0 aliphatic carbocycles. The minimum Gasteiger partial charge on any atom is -0.480 e. The lowest BCUT2D eigenvalue weighted by Crippen LogP contribution is -2.38. The van der Waals surface area contributed by atoms with Gasteiger partial charge in [0.15, 0.2) is 6.10 Å². The van der Waals surface area contributed by atoms with E-state index < -0.39 is 24.1 Å². The number of amidine groups is 1. The zero-order valence-corrected chi connectivity index (χ0v) is 30.5. The molecule has 1 aromatic heterocycles. The smallest absolute Gasteiger partial charge is 0.420 e. The number of benzene rings is 3. The van der Waals surface area contributed by atoms with Gasteiger partial charge in [-0.3, -0.25) is 19.3 Å². The SMILES string of the molecule is CCOC(=O)Cn1nnnc1SCc1ccc(OC(=O)N(C)C2=NN(c3cccc(NC(=O)C(CC)Oc4ccc(C)cc4C)c3)C(=O)C2C)cc1. The summed E-state index contributed by atoms with van der Waals surface area (Å²) < 4.78 is 17.9. The van der Waals surface area contributed by atoms with Gasteiger partial charge in [0, 0.05) is 18.5 Å². The first kappa shape index (κ1) is 37.5. The number of rotatable bonds is 13. The van der Waals surface area contributed by atoms with Gasteiger partial charge in [-0.05, 0) is 92.1 Å². The van der Waals surface area contributed by atoms with Gasteiger partial charge < -0.3 is 19.5 Å². The Labute approximate surface area is 305 Å². The molecule has 3 amide bonds. The van der Waals surface area contributed by atoms with E-state index in [1.807, 2.05) is 39.0 Å². The summed E-state index contributed by atoms with van der Waals surface area (Å²) in [4.78, 5) is 52.6. The quantitative estimate of drug-likeness (QED) is 0.139. The molecule has 0 bridgehead atoms. The number of nitrogens with one attached hydrogen (secondary N) is 1. The van der Waals surface area contributed by atoms with Crippen LogP contribution < -0.4 is 19.8 Å². The van der Waals surface area contributed by atoms with Crippen molar-refractivity contribution in [3.63, 3.8) is 0 Å². The molecule has 3 aromatic carbocycles. The highest BCUT2D eigenvalue weighted by atomic mass is 32.2. The van der Waals surface area contributed by atoms with Crippen molar-refractivity contribution in [1.29, 1.82) is 0 Å². The number of hydrogen-bond acceptors (Lipinski definition) is 12. The molecule has 4 aromatic rings. The van der Waals surface area contributed by atoms with E-state index in [-0.39, 0.29) is 30.8 Å². The Morgan fingerprint density at radius 3 is 2.52 bits per heavy atom. The fourth-order valence-electron chi connectivity index (χ4n) is 5.21. The summed E-state index contributed by atoms with van der Waals surface area (Å²) in [5.41, 5.74) is 3.81. The number of hydrogen-bond donors (Lipinski definition) is 1. The topological polar surface area (TPSA) is 170 Å². The Hall–Kier alpha value is -5.77. The highest BCUT2D eigenvalue weighted by Gasteiger charge is 2.38. The number of nitrogens with zero attached hydrogens (tertiary/aromatic N) is 7. The highest BCUT2D eigenvalue weighted by Crippen LogP contribution is 2.29. The Bertz CT molecular complexity index is 1970. The number of aromatic nitrogens is 4. The summed E-state index contributed by atoms with van der Waals surface area (Å²) in [5.74, 6) is -0.225. The molecule has 2 unspecified atom stereocenters. The zero-order valence-electron chi connectivity index (χ0n) is 29.7. The van der Waals surface area contributed by atoms with Crippen LogP contribution in [0.15, 0.2) is 77.0 Å². The van der Waals surface area contributed by atoms with Gasteiger partial charge in [-0.15, -0.1) is 5.10 Å². The van der Waals surface area contributed by atoms with Gasteiger partial charge in [0.25, 0.3) is 11.8 Å². The Morgan fingerprint density at radius 2 is 1.81 bits per heavy atom. The number of amides is 3. The number of esters is 1. The molecule has 1 aliphatic rings. The molecular formula is C36H40N8O7S. The Kier molecular flexibility index (Phi) is 12.2. The number of aryl methyl sites for hydroxylation is 2. The van der Waals surface area contributed by atoms with E-state index in [2.05, 4.69) is 25.9 Å². The van der Waals surface area contributed by atoms with Crippen molar-refractivity contribution < 1.29 is 33.4 Å². The zero-order chi connectivity index (χ0) is 37.4. The minimum atomic E-state index is -0.744. The maximum absolute atomic E-state index is 13.3. The first-order chi connectivity index (χ1) is 25.0. The number of carbonyl (C=O) groups is 4. The van der Waals surface area contributed by atoms with E-state index in [0.29, 0.717) is 40.2 Å². The number of tetrazole rings is 1. The largest absolute Gasteiger partial charge is 0.480 e. The van der Waals surface area contributed by atoms with Crippen LogP contribution in [0.1, 0.15) is 43.9 Å². The minimum absolute atomic E-state index is 0.0894. The van der Waals surface area contributed by atoms with Crippen LogP contribution in [0.5, 0.6) is 11.5 Å². The molecule has 2 heterocycles. The third kappa shape index (κ3) is 9.11. The van der Waals surface area contributed by atoms with E-state index in [1.165, 1.54) is 33.4 Å². The number of ether oxygens (including phenoxy) is 3. The summed E-state index contributed by atoms with van der Waals surface area (Å²) in [5, 5.41) is 20.4. The van der Waals surface area contributed by atoms with Gasteiger partial charge in [-0.25, -0.2) is 9.48 Å². The van der Waals surface area contributed by atoms with Gasteiger partial charge >= 0.3 is 12.1 Å². The van der Waals surface area contributed by atoms with Crippen LogP contribution >= 0.6 is 11.8 Å². The lowest BCUT2D eigenvalue weighted by atomic mass is 10.1. The second-order valence-electron chi connectivity index (χ2n) is 11.9. The third-order valence-corrected chi connectivity index (χ3v) is 9.02. The van der Waals surface area contributed by atoms with Gasteiger partial charge in [-0.2, -0.15) is 10.1 Å². The summed E-state index contributed by atoms with van der Waals surface area (Å²) in [6, 6.07) is 19.4. The molecule has 52 heavy (non-hydrogen) atoms. The molecule has 1 aliphatic heterocycles. The number of anilines is 2. The molecule has 5 rings (SSSR count). The predicted molar refractivity (Wildman–Crippen MR) is 194 cm³/mol. The fourth-order valence-corrected chi connectivity index (χ4v) is 6.04. The van der Waals surface area contributed by atoms with E-state index in [0.717, 1.165) is 16.7 Å². The maximum Gasteiger partial charge on any atom is 0.420 e. The van der Waals surface area contributed by atoms with Crippen LogP contribution in [0, 0.1) is 19.8 Å². The van der Waals surface area contributed by atoms with E-state index in [9.17, 15) is 19.2 Å². The van der Waals surface area contributed by atoms with Crippen molar-refractivity contribution in [2.75, 3.05) is 24.0 Å². The molecule has 15 nitrogen and oxygen atoms in total. The maximum atomic E-state index is 13.3. The summed E-state index contributed by atoms with van der Waals surface area (Å²) >= 11 is 1.34. The molecule has 0 fully saturated rings. The molecule has 0 spiro atoms. The van der Waals surface area contributed by atoms with Crippen LogP contribution in [0.2, 0.25) is 0 Å². The van der Waals surface area contributed by atoms with Crippen LogP contribution in [0.4, 0.5) is 16.2 Å². The molecular weight excluding hydrogens is 689 g/mol. The average molecular weight is 729 g/mol. The molecule has 0 saturated carbocycles.